The first-order valence-electron chi connectivity index (χ1n) is 9.61. The molecule has 0 amide bonds. The number of ether oxygens (including phenoxy) is 2. The van der Waals surface area contributed by atoms with E-state index in [0.29, 0.717) is 23.6 Å². The number of likely N-dealkylation sites (tertiary alicyclic amines) is 1. The van der Waals surface area contributed by atoms with Crippen LogP contribution in [0.25, 0.3) is 0 Å². The fraction of sp³-hybridized carbons (Fsp3) is 0.409. The van der Waals surface area contributed by atoms with E-state index < -0.39 is 12.0 Å². The monoisotopic (exact) mass is 384 g/mol. The van der Waals surface area contributed by atoms with Crippen LogP contribution in [0.4, 0.5) is 5.69 Å². The van der Waals surface area contributed by atoms with Crippen molar-refractivity contribution >= 4 is 11.7 Å². The first-order valence-corrected chi connectivity index (χ1v) is 9.61. The van der Waals surface area contributed by atoms with Gasteiger partial charge in [0, 0.05) is 13.0 Å². The van der Waals surface area contributed by atoms with E-state index in [1.807, 2.05) is 42.5 Å². The maximum atomic E-state index is 11.9. The van der Waals surface area contributed by atoms with Crippen molar-refractivity contribution in [3.63, 3.8) is 0 Å². The molecule has 1 heterocycles. The minimum Gasteiger partial charge on any atom is -0.494 e. The third-order valence-electron chi connectivity index (χ3n) is 5.07. The van der Waals surface area contributed by atoms with Gasteiger partial charge in [0.2, 0.25) is 0 Å². The third kappa shape index (κ3) is 4.95. The lowest BCUT2D eigenvalue weighted by Crippen LogP contribution is -2.32. The molecule has 0 radical (unpaired) electrons. The third-order valence-corrected chi connectivity index (χ3v) is 5.07. The normalized spacial score (nSPS) is 15.2. The van der Waals surface area contributed by atoms with Gasteiger partial charge in [-0.05, 0) is 49.2 Å². The van der Waals surface area contributed by atoms with Crippen molar-refractivity contribution in [2.45, 2.75) is 31.8 Å². The molecule has 1 aliphatic rings. The maximum absolute atomic E-state index is 11.9. The number of carboxylic acids is 1. The minimum absolute atomic E-state index is 0.359. The van der Waals surface area contributed by atoms with Gasteiger partial charge in [-0.3, -0.25) is 4.90 Å². The number of benzene rings is 2. The second-order valence-corrected chi connectivity index (χ2v) is 7.08. The van der Waals surface area contributed by atoms with E-state index in [2.05, 4.69) is 10.2 Å². The van der Waals surface area contributed by atoms with Crippen molar-refractivity contribution in [3.05, 3.63) is 53.6 Å². The van der Waals surface area contributed by atoms with Gasteiger partial charge < -0.3 is 19.9 Å². The number of carboxylic acid groups (broad SMARTS) is 1. The fourth-order valence-electron chi connectivity index (χ4n) is 3.62. The first kappa shape index (κ1) is 20.0. The summed E-state index contributed by atoms with van der Waals surface area (Å²) in [6.45, 7) is 3.03. The molecule has 150 valence electrons. The SMILES string of the molecule is COc1cc(CN2CCCC2)cc(OC)c1N[C@@H](Cc1ccccc1)C(=O)O. The van der Waals surface area contributed by atoms with E-state index in [1.165, 1.54) is 12.8 Å². The second-order valence-electron chi connectivity index (χ2n) is 7.08. The van der Waals surface area contributed by atoms with Gasteiger partial charge >= 0.3 is 5.97 Å². The number of nitrogens with zero attached hydrogens (tertiary/aromatic N) is 1. The first-order chi connectivity index (χ1) is 13.6. The number of nitrogens with one attached hydrogen (secondary N) is 1. The Hall–Kier alpha value is -2.73. The maximum Gasteiger partial charge on any atom is 0.326 e. The highest BCUT2D eigenvalue weighted by Gasteiger charge is 2.23. The van der Waals surface area contributed by atoms with Crippen molar-refractivity contribution in [2.24, 2.45) is 0 Å². The van der Waals surface area contributed by atoms with Crippen LogP contribution in [0.5, 0.6) is 11.5 Å². The van der Waals surface area contributed by atoms with Crippen molar-refractivity contribution in [2.75, 3.05) is 32.6 Å². The van der Waals surface area contributed by atoms with Gasteiger partial charge in [0.15, 0.2) is 0 Å². The number of hydrogen-bond acceptors (Lipinski definition) is 5. The average molecular weight is 384 g/mol. The Bertz CT molecular complexity index is 763. The molecule has 0 unspecified atom stereocenters. The predicted molar refractivity (Wildman–Crippen MR) is 109 cm³/mol. The average Bonchev–Trinajstić information content (AvgIpc) is 3.21. The number of aliphatic carboxylic acids is 1. The van der Waals surface area contributed by atoms with Gasteiger partial charge in [0.25, 0.3) is 0 Å². The Morgan fingerprint density at radius 2 is 1.68 bits per heavy atom. The van der Waals surface area contributed by atoms with E-state index in [4.69, 9.17) is 9.47 Å². The van der Waals surface area contributed by atoms with Gasteiger partial charge in [0.1, 0.15) is 23.2 Å². The van der Waals surface area contributed by atoms with Crippen molar-refractivity contribution in [1.82, 2.24) is 4.90 Å². The number of anilines is 1. The molecule has 6 nitrogen and oxygen atoms in total. The summed E-state index contributed by atoms with van der Waals surface area (Å²) in [5.74, 6) is 0.259. The number of rotatable bonds is 9. The number of hydrogen-bond donors (Lipinski definition) is 2. The molecule has 0 bridgehead atoms. The fourth-order valence-corrected chi connectivity index (χ4v) is 3.62. The summed E-state index contributed by atoms with van der Waals surface area (Å²) in [5, 5.41) is 12.8. The van der Waals surface area contributed by atoms with Gasteiger partial charge in [-0.15, -0.1) is 0 Å². The van der Waals surface area contributed by atoms with Crippen LogP contribution in [0.3, 0.4) is 0 Å². The quantitative estimate of drug-likeness (QED) is 0.690. The molecule has 0 aliphatic carbocycles. The number of methoxy groups -OCH3 is 2. The van der Waals surface area contributed by atoms with E-state index in [1.54, 1.807) is 14.2 Å². The lowest BCUT2D eigenvalue weighted by atomic mass is 10.0. The molecule has 1 saturated heterocycles. The largest absolute Gasteiger partial charge is 0.494 e. The van der Waals surface area contributed by atoms with Gasteiger partial charge in [-0.2, -0.15) is 0 Å². The van der Waals surface area contributed by atoms with Crippen LogP contribution in [0.1, 0.15) is 24.0 Å². The van der Waals surface area contributed by atoms with Crippen LogP contribution in [0, 0.1) is 0 Å². The summed E-state index contributed by atoms with van der Waals surface area (Å²) in [6, 6.07) is 12.7. The van der Waals surface area contributed by atoms with E-state index in [-0.39, 0.29) is 0 Å². The van der Waals surface area contributed by atoms with Crippen LogP contribution in [-0.4, -0.2) is 49.3 Å². The van der Waals surface area contributed by atoms with Crippen LogP contribution in [-0.2, 0) is 17.8 Å². The molecule has 0 saturated carbocycles. The van der Waals surface area contributed by atoms with Crippen LogP contribution in [0.15, 0.2) is 42.5 Å². The van der Waals surface area contributed by atoms with Crippen molar-refractivity contribution in [3.8, 4) is 11.5 Å². The summed E-state index contributed by atoms with van der Waals surface area (Å²) in [6.07, 6.45) is 2.82. The van der Waals surface area contributed by atoms with Gasteiger partial charge in [0.05, 0.1) is 14.2 Å². The standard InChI is InChI=1S/C22H28N2O4/c1-27-19-13-17(15-24-10-6-7-11-24)14-20(28-2)21(19)23-18(22(25)26)12-16-8-4-3-5-9-16/h3-5,8-9,13-14,18,23H,6-7,10-12,15H2,1-2H3,(H,25,26)/t18-/m0/s1. The highest BCUT2D eigenvalue weighted by molar-refractivity contribution is 5.80. The molecule has 1 aliphatic heterocycles. The summed E-state index contributed by atoms with van der Waals surface area (Å²) < 4.78 is 11.1. The zero-order valence-electron chi connectivity index (χ0n) is 16.5. The van der Waals surface area contributed by atoms with E-state index in [0.717, 1.165) is 30.8 Å². The molecule has 1 atom stereocenters. The smallest absolute Gasteiger partial charge is 0.326 e. The molecule has 1 fully saturated rings. The Morgan fingerprint density at radius 1 is 1.07 bits per heavy atom. The van der Waals surface area contributed by atoms with E-state index in [9.17, 15) is 9.90 Å². The van der Waals surface area contributed by atoms with E-state index >= 15 is 0 Å². The van der Waals surface area contributed by atoms with Crippen molar-refractivity contribution < 1.29 is 19.4 Å². The zero-order chi connectivity index (χ0) is 19.9. The molecule has 3 rings (SSSR count). The molecular formula is C22H28N2O4. The highest BCUT2D eigenvalue weighted by atomic mass is 16.5. The summed E-state index contributed by atoms with van der Waals surface area (Å²) >= 11 is 0. The molecular weight excluding hydrogens is 356 g/mol. The Labute approximate surface area is 166 Å². The lowest BCUT2D eigenvalue weighted by Gasteiger charge is -2.22. The molecule has 2 N–H and O–H groups in total. The minimum atomic E-state index is -0.922. The van der Waals surface area contributed by atoms with Gasteiger partial charge in [-0.25, -0.2) is 4.79 Å². The van der Waals surface area contributed by atoms with Gasteiger partial charge in [-0.1, -0.05) is 30.3 Å². The second kappa shape index (κ2) is 9.46. The topological polar surface area (TPSA) is 71.0 Å². The van der Waals surface area contributed by atoms with Crippen molar-refractivity contribution in [1.29, 1.82) is 0 Å². The molecule has 0 aromatic heterocycles. The Morgan fingerprint density at radius 3 is 2.21 bits per heavy atom. The Kier molecular flexibility index (Phi) is 6.76. The number of carbonyl (C=O) groups is 1. The van der Waals surface area contributed by atoms with Crippen LogP contribution in [0.2, 0.25) is 0 Å². The van der Waals surface area contributed by atoms with Crippen LogP contribution >= 0.6 is 0 Å². The molecule has 6 heteroatoms. The van der Waals surface area contributed by atoms with Crippen LogP contribution < -0.4 is 14.8 Å². The predicted octanol–water partition coefficient (Wildman–Crippen LogP) is 3.41. The summed E-state index contributed by atoms with van der Waals surface area (Å²) in [7, 11) is 3.18. The molecule has 28 heavy (non-hydrogen) atoms. The zero-order valence-corrected chi connectivity index (χ0v) is 16.5. The molecule has 2 aromatic rings. The Balaban J connectivity index is 1.84. The summed E-state index contributed by atoms with van der Waals surface area (Å²) in [4.78, 5) is 14.3. The molecule has 0 spiro atoms. The highest BCUT2D eigenvalue weighted by Crippen LogP contribution is 2.37. The lowest BCUT2D eigenvalue weighted by molar-refractivity contribution is -0.137. The molecule has 2 aromatic carbocycles. The summed E-state index contributed by atoms with van der Waals surface area (Å²) in [5.41, 5.74) is 2.61.